The van der Waals surface area contributed by atoms with E-state index in [0.717, 1.165) is 77.2 Å². The number of rotatable bonds is 9. The van der Waals surface area contributed by atoms with E-state index in [1.807, 2.05) is 38.2 Å². The van der Waals surface area contributed by atoms with Gasteiger partial charge in [-0.05, 0) is 38.0 Å². The van der Waals surface area contributed by atoms with Gasteiger partial charge < -0.3 is 4.98 Å². The lowest BCUT2D eigenvalue weighted by Crippen LogP contribution is -1.94. The number of aromatic nitrogens is 3. The summed E-state index contributed by atoms with van der Waals surface area (Å²) >= 11 is 6.38. The molecule has 0 unspecified atom stereocenters. The van der Waals surface area contributed by atoms with Crippen LogP contribution in [0.2, 0.25) is 5.02 Å². The Morgan fingerprint density at radius 1 is 1.15 bits per heavy atom. The van der Waals surface area contributed by atoms with Gasteiger partial charge in [0.25, 0.3) is 0 Å². The molecule has 0 fully saturated rings. The van der Waals surface area contributed by atoms with E-state index in [1.54, 1.807) is 0 Å². The monoisotopic (exact) mass is 383 g/mol. The lowest BCUT2D eigenvalue weighted by atomic mass is 10.1. The number of unbranched alkanes of at least 4 members (excludes halogenated alkanes) is 3. The Bertz CT molecular complexity index is 932. The molecule has 0 bridgehead atoms. The molecule has 0 saturated heterocycles. The van der Waals surface area contributed by atoms with Crippen LogP contribution >= 0.6 is 11.6 Å². The molecule has 0 spiro atoms. The number of ketones is 1. The second-order valence-electron chi connectivity index (χ2n) is 7.03. The van der Waals surface area contributed by atoms with Crippen LogP contribution in [0.1, 0.15) is 57.0 Å². The van der Waals surface area contributed by atoms with Crippen molar-refractivity contribution in [3.05, 3.63) is 47.0 Å². The molecular weight excluding hydrogens is 358 g/mol. The fourth-order valence-electron chi connectivity index (χ4n) is 3.26. The van der Waals surface area contributed by atoms with Crippen molar-refractivity contribution >= 4 is 28.3 Å². The van der Waals surface area contributed by atoms with Gasteiger partial charge in [-0.1, -0.05) is 37.4 Å². The number of aromatic amines is 1. The highest BCUT2D eigenvalue weighted by molar-refractivity contribution is 6.35. The van der Waals surface area contributed by atoms with Crippen molar-refractivity contribution in [2.75, 3.05) is 0 Å². The number of imidazole rings is 1. The minimum Gasteiger partial charge on any atom is -0.342 e. The first-order valence-corrected chi connectivity index (χ1v) is 10.1. The molecule has 0 radical (unpaired) electrons. The Morgan fingerprint density at radius 3 is 2.78 bits per heavy atom. The summed E-state index contributed by atoms with van der Waals surface area (Å²) in [5, 5.41) is 1.68. The number of pyridine rings is 1. The van der Waals surface area contributed by atoms with Crippen LogP contribution in [0.15, 0.2) is 30.5 Å². The number of carbonyl (C=O) groups excluding carboxylic acids is 1. The largest absolute Gasteiger partial charge is 0.342 e. The lowest BCUT2D eigenvalue weighted by molar-refractivity contribution is -0.118. The molecule has 2 aromatic heterocycles. The normalized spacial score (nSPS) is 11.2. The van der Waals surface area contributed by atoms with E-state index in [0.29, 0.717) is 12.2 Å². The number of nitrogens with zero attached hydrogens (tertiary/aromatic N) is 2. The maximum Gasteiger partial charge on any atom is 0.132 e. The summed E-state index contributed by atoms with van der Waals surface area (Å²) in [5.41, 5.74) is 3.89. The Kier molecular flexibility index (Phi) is 6.62. The predicted octanol–water partition coefficient (Wildman–Crippen LogP) is 6.06. The lowest BCUT2D eigenvalue weighted by Gasteiger charge is -2.05. The number of benzene rings is 1. The van der Waals surface area contributed by atoms with Crippen LogP contribution in [0.4, 0.5) is 0 Å². The molecule has 0 aliphatic rings. The second kappa shape index (κ2) is 9.14. The van der Waals surface area contributed by atoms with Gasteiger partial charge in [0.05, 0.1) is 22.4 Å². The zero-order valence-corrected chi connectivity index (χ0v) is 16.8. The fourth-order valence-corrected chi connectivity index (χ4v) is 3.57. The molecule has 2 heterocycles. The van der Waals surface area contributed by atoms with E-state index in [4.69, 9.17) is 11.6 Å². The SMILES string of the molecule is CCC(=O)CCCCCCc1ncc(-c2ccc3nc(C)cc(Cl)c3c2)[nH]1. The molecule has 4 nitrogen and oxygen atoms in total. The zero-order valence-electron chi connectivity index (χ0n) is 16.0. The smallest absolute Gasteiger partial charge is 0.132 e. The van der Waals surface area contributed by atoms with Gasteiger partial charge in [-0.2, -0.15) is 0 Å². The van der Waals surface area contributed by atoms with Crippen LogP contribution in [0.3, 0.4) is 0 Å². The van der Waals surface area contributed by atoms with Crippen LogP contribution in [0.25, 0.3) is 22.2 Å². The first kappa shape index (κ1) is 19.6. The topological polar surface area (TPSA) is 58.6 Å². The third kappa shape index (κ3) is 5.16. The van der Waals surface area contributed by atoms with Crippen molar-refractivity contribution in [2.45, 2.75) is 58.8 Å². The van der Waals surface area contributed by atoms with Crippen LogP contribution in [-0.2, 0) is 11.2 Å². The summed E-state index contributed by atoms with van der Waals surface area (Å²) in [6.07, 6.45) is 8.51. The third-order valence-electron chi connectivity index (χ3n) is 4.84. The molecule has 0 aliphatic heterocycles. The molecular formula is C22H26ClN3O. The minimum atomic E-state index is 0.367. The van der Waals surface area contributed by atoms with E-state index < -0.39 is 0 Å². The molecule has 27 heavy (non-hydrogen) atoms. The number of fused-ring (bicyclic) bond motifs is 1. The average molecular weight is 384 g/mol. The number of hydrogen-bond acceptors (Lipinski definition) is 3. The Morgan fingerprint density at radius 2 is 1.96 bits per heavy atom. The van der Waals surface area contributed by atoms with Crippen molar-refractivity contribution in [1.29, 1.82) is 0 Å². The van der Waals surface area contributed by atoms with E-state index >= 15 is 0 Å². The number of halogens is 1. The van der Waals surface area contributed by atoms with Gasteiger partial charge >= 0.3 is 0 Å². The van der Waals surface area contributed by atoms with Crippen LogP contribution in [0, 0.1) is 6.92 Å². The van der Waals surface area contributed by atoms with Crippen molar-refractivity contribution in [2.24, 2.45) is 0 Å². The first-order chi connectivity index (χ1) is 13.1. The van der Waals surface area contributed by atoms with Crippen molar-refractivity contribution in [1.82, 2.24) is 15.0 Å². The maximum absolute atomic E-state index is 11.3. The molecule has 142 valence electrons. The number of nitrogens with one attached hydrogen (secondary N) is 1. The van der Waals surface area contributed by atoms with Gasteiger partial charge in [0.2, 0.25) is 0 Å². The van der Waals surface area contributed by atoms with E-state index in [-0.39, 0.29) is 0 Å². The van der Waals surface area contributed by atoms with Gasteiger partial charge in [0, 0.05) is 35.9 Å². The summed E-state index contributed by atoms with van der Waals surface area (Å²) in [5.74, 6) is 1.37. The van der Waals surface area contributed by atoms with E-state index in [9.17, 15) is 4.79 Å². The Balaban J connectivity index is 1.57. The predicted molar refractivity (Wildman–Crippen MR) is 111 cm³/mol. The molecule has 5 heteroatoms. The molecule has 0 aliphatic carbocycles. The van der Waals surface area contributed by atoms with Crippen molar-refractivity contribution < 1.29 is 4.79 Å². The highest BCUT2D eigenvalue weighted by Crippen LogP contribution is 2.28. The summed E-state index contributed by atoms with van der Waals surface area (Å²) in [6.45, 7) is 3.87. The number of carbonyl (C=O) groups is 1. The van der Waals surface area contributed by atoms with Gasteiger partial charge in [-0.25, -0.2) is 4.98 Å². The number of hydrogen-bond donors (Lipinski definition) is 1. The fraction of sp³-hybridized carbons (Fsp3) is 0.409. The van der Waals surface area contributed by atoms with Crippen LogP contribution in [0.5, 0.6) is 0 Å². The highest BCUT2D eigenvalue weighted by atomic mass is 35.5. The van der Waals surface area contributed by atoms with Gasteiger partial charge in [-0.15, -0.1) is 0 Å². The number of Topliss-reactive ketones (excluding diaryl/α,β-unsaturated/α-hetero) is 1. The first-order valence-electron chi connectivity index (χ1n) is 9.69. The van der Waals surface area contributed by atoms with Crippen molar-refractivity contribution in [3.63, 3.8) is 0 Å². The molecule has 0 amide bonds. The number of H-pyrrole nitrogens is 1. The standard InChI is InChI=1S/C22H26ClN3O/c1-3-17(27)8-6-4-5-7-9-22-24-14-21(26-22)16-10-11-20-18(13-16)19(23)12-15(2)25-20/h10-14H,3-9H2,1-2H3,(H,24,26). The van der Waals surface area contributed by atoms with Crippen molar-refractivity contribution in [3.8, 4) is 11.3 Å². The van der Waals surface area contributed by atoms with Crippen LogP contribution < -0.4 is 0 Å². The molecule has 0 saturated carbocycles. The van der Waals surface area contributed by atoms with Gasteiger partial charge in [0.1, 0.15) is 11.6 Å². The number of aryl methyl sites for hydroxylation is 2. The van der Waals surface area contributed by atoms with E-state index in [1.165, 1.54) is 0 Å². The second-order valence-corrected chi connectivity index (χ2v) is 7.43. The summed E-state index contributed by atoms with van der Waals surface area (Å²) < 4.78 is 0. The molecule has 3 aromatic rings. The zero-order chi connectivity index (χ0) is 19.2. The van der Waals surface area contributed by atoms with Gasteiger partial charge in [-0.3, -0.25) is 9.78 Å². The highest BCUT2D eigenvalue weighted by Gasteiger charge is 2.08. The van der Waals surface area contributed by atoms with E-state index in [2.05, 4.69) is 21.0 Å². The average Bonchev–Trinajstić information content (AvgIpc) is 3.13. The minimum absolute atomic E-state index is 0.367. The molecule has 0 atom stereocenters. The summed E-state index contributed by atoms with van der Waals surface area (Å²) in [6, 6.07) is 8.00. The molecule has 1 N–H and O–H groups in total. The molecule has 3 rings (SSSR count). The third-order valence-corrected chi connectivity index (χ3v) is 5.15. The quantitative estimate of drug-likeness (QED) is 0.457. The van der Waals surface area contributed by atoms with Gasteiger partial charge in [0.15, 0.2) is 0 Å². The van der Waals surface area contributed by atoms with Crippen LogP contribution in [-0.4, -0.2) is 20.7 Å². The summed E-state index contributed by atoms with van der Waals surface area (Å²) in [4.78, 5) is 23.7. The summed E-state index contributed by atoms with van der Waals surface area (Å²) in [7, 11) is 0. The Labute approximate surface area is 165 Å². The molecule has 1 aromatic carbocycles. The maximum atomic E-state index is 11.3. The Hall–Kier alpha value is -2.20.